The highest BCUT2D eigenvalue weighted by Crippen LogP contribution is 2.31. The van der Waals surface area contributed by atoms with Crippen LogP contribution in [-0.2, 0) is 6.54 Å². The first-order valence-corrected chi connectivity index (χ1v) is 7.97. The smallest absolute Gasteiger partial charge is 0.185 e. The van der Waals surface area contributed by atoms with Gasteiger partial charge in [0.05, 0.1) is 5.69 Å². The van der Waals surface area contributed by atoms with E-state index in [4.69, 9.17) is 4.98 Å². The fraction of sp³-hybridized carbons (Fsp3) is 0.800. The minimum absolute atomic E-state index is 0.292. The highest BCUT2D eigenvalue weighted by Gasteiger charge is 2.19. The Balaban J connectivity index is 2.90. The summed E-state index contributed by atoms with van der Waals surface area (Å²) < 4.78 is 0. The Labute approximate surface area is 122 Å². The van der Waals surface area contributed by atoms with Crippen LogP contribution in [0.25, 0.3) is 0 Å². The second-order valence-corrected chi connectivity index (χ2v) is 7.72. The number of rotatable bonds is 6. The summed E-state index contributed by atoms with van der Waals surface area (Å²) in [6, 6.07) is 0. The Kier molecular flexibility index (Phi) is 5.81. The summed E-state index contributed by atoms with van der Waals surface area (Å²) in [6.45, 7) is 16.3. The Morgan fingerprint density at radius 2 is 1.95 bits per heavy atom. The highest BCUT2D eigenvalue weighted by molar-refractivity contribution is 7.15. The fourth-order valence-electron chi connectivity index (χ4n) is 2.11. The van der Waals surface area contributed by atoms with Gasteiger partial charge in [-0.25, -0.2) is 4.98 Å². The summed E-state index contributed by atoms with van der Waals surface area (Å²) in [5.74, 6) is 0.488. The fourth-order valence-corrected chi connectivity index (χ4v) is 3.25. The maximum Gasteiger partial charge on any atom is 0.185 e. The van der Waals surface area contributed by atoms with Gasteiger partial charge >= 0.3 is 0 Å². The lowest BCUT2D eigenvalue weighted by atomic mass is 9.96. The predicted octanol–water partition coefficient (Wildman–Crippen LogP) is 3.86. The normalized spacial score (nSPS) is 12.2. The van der Waals surface area contributed by atoms with E-state index >= 15 is 0 Å². The average Bonchev–Trinajstić information content (AvgIpc) is 2.68. The zero-order valence-corrected chi connectivity index (χ0v) is 14.3. The lowest BCUT2D eigenvalue weighted by Crippen LogP contribution is -2.28. The topological polar surface area (TPSA) is 28.2 Å². The molecule has 0 aliphatic carbocycles. The quantitative estimate of drug-likeness (QED) is 0.859. The van der Waals surface area contributed by atoms with Crippen molar-refractivity contribution < 1.29 is 0 Å². The molecule has 0 aromatic carbocycles. The third-order valence-corrected chi connectivity index (χ3v) is 4.02. The lowest BCUT2D eigenvalue weighted by Gasteiger charge is -2.26. The molecule has 0 radical (unpaired) electrons. The number of nitrogens with zero attached hydrogens (tertiary/aromatic N) is 2. The van der Waals surface area contributed by atoms with Gasteiger partial charge in [0.25, 0.3) is 0 Å². The Hall–Kier alpha value is -0.610. The van der Waals surface area contributed by atoms with Crippen molar-refractivity contribution in [2.45, 2.75) is 54.0 Å². The Bertz CT molecular complexity index is 391. The minimum atomic E-state index is 0.292. The van der Waals surface area contributed by atoms with Crippen molar-refractivity contribution in [1.82, 2.24) is 10.3 Å². The van der Waals surface area contributed by atoms with Crippen LogP contribution < -0.4 is 10.2 Å². The molecular formula is C15H29N3S. The van der Waals surface area contributed by atoms with Gasteiger partial charge < -0.3 is 10.2 Å². The van der Waals surface area contributed by atoms with E-state index in [-0.39, 0.29) is 0 Å². The van der Waals surface area contributed by atoms with Crippen LogP contribution in [0.2, 0.25) is 0 Å². The Morgan fingerprint density at radius 1 is 1.32 bits per heavy atom. The lowest BCUT2D eigenvalue weighted by molar-refractivity contribution is 0.418. The van der Waals surface area contributed by atoms with E-state index in [2.05, 4.69) is 58.8 Å². The SMILES string of the molecule is CCNCc1sc(N(C)CC(C)(C)C)nc1C(C)C. The molecule has 110 valence electrons. The molecule has 0 atom stereocenters. The van der Waals surface area contributed by atoms with Crippen molar-refractivity contribution >= 4 is 16.5 Å². The number of nitrogens with one attached hydrogen (secondary N) is 1. The first-order chi connectivity index (χ1) is 8.74. The number of hydrogen-bond acceptors (Lipinski definition) is 4. The average molecular weight is 283 g/mol. The van der Waals surface area contributed by atoms with Crippen molar-refractivity contribution in [3.63, 3.8) is 0 Å². The molecule has 1 rings (SSSR count). The van der Waals surface area contributed by atoms with Gasteiger partial charge in [0, 0.05) is 25.0 Å². The van der Waals surface area contributed by atoms with E-state index in [0.717, 1.165) is 24.8 Å². The molecule has 0 saturated carbocycles. The molecule has 1 N–H and O–H groups in total. The van der Waals surface area contributed by atoms with E-state index < -0.39 is 0 Å². The molecule has 1 aromatic heterocycles. The van der Waals surface area contributed by atoms with E-state index in [0.29, 0.717) is 11.3 Å². The van der Waals surface area contributed by atoms with Crippen LogP contribution in [0.15, 0.2) is 0 Å². The molecule has 0 unspecified atom stereocenters. The number of hydrogen-bond donors (Lipinski definition) is 1. The number of aromatic nitrogens is 1. The van der Waals surface area contributed by atoms with Crippen molar-refractivity contribution in [1.29, 1.82) is 0 Å². The zero-order chi connectivity index (χ0) is 14.6. The standard InChI is InChI=1S/C15H29N3S/c1-8-16-9-12-13(11(2)3)17-14(19-12)18(7)10-15(4,5)6/h11,16H,8-10H2,1-7H3. The van der Waals surface area contributed by atoms with Gasteiger partial charge in [-0.2, -0.15) is 0 Å². The number of anilines is 1. The van der Waals surface area contributed by atoms with Crippen LogP contribution in [0.4, 0.5) is 5.13 Å². The van der Waals surface area contributed by atoms with Crippen LogP contribution in [0, 0.1) is 5.41 Å². The summed E-state index contributed by atoms with van der Waals surface area (Å²) in [5.41, 5.74) is 1.54. The van der Waals surface area contributed by atoms with Crippen molar-refractivity contribution in [3.8, 4) is 0 Å². The first kappa shape index (κ1) is 16.4. The third kappa shape index (κ3) is 5.11. The molecule has 1 heterocycles. The van der Waals surface area contributed by atoms with Crippen LogP contribution in [0.1, 0.15) is 58.0 Å². The minimum Gasteiger partial charge on any atom is -0.351 e. The van der Waals surface area contributed by atoms with Gasteiger partial charge in [0.15, 0.2) is 5.13 Å². The summed E-state index contributed by atoms with van der Waals surface area (Å²) in [7, 11) is 2.14. The van der Waals surface area contributed by atoms with Gasteiger partial charge in [-0.1, -0.05) is 41.5 Å². The van der Waals surface area contributed by atoms with Gasteiger partial charge in [0.1, 0.15) is 0 Å². The molecule has 0 spiro atoms. The molecule has 0 saturated heterocycles. The maximum absolute atomic E-state index is 4.85. The van der Waals surface area contributed by atoms with Crippen LogP contribution in [-0.4, -0.2) is 25.1 Å². The molecular weight excluding hydrogens is 254 g/mol. The van der Waals surface area contributed by atoms with Crippen LogP contribution >= 0.6 is 11.3 Å². The Morgan fingerprint density at radius 3 is 2.42 bits per heavy atom. The summed E-state index contributed by atoms with van der Waals surface area (Å²) in [4.78, 5) is 8.52. The van der Waals surface area contributed by atoms with E-state index in [9.17, 15) is 0 Å². The second kappa shape index (κ2) is 6.71. The summed E-state index contributed by atoms with van der Waals surface area (Å²) >= 11 is 1.83. The van der Waals surface area contributed by atoms with Crippen molar-refractivity contribution in [2.75, 3.05) is 25.0 Å². The molecule has 0 aliphatic heterocycles. The molecule has 3 nitrogen and oxygen atoms in total. The second-order valence-electron chi connectivity index (χ2n) is 6.66. The largest absolute Gasteiger partial charge is 0.351 e. The van der Waals surface area contributed by atoms with E-state index in [1.807, 2.05) is 11.3 Å². The zero-order valence-electron chi connectivity index (χ0n) is 13.5. The maximum atomic E-state index is 4.85. The van der Waals surface area contributed by atoms with Crippen molar-refractivity contribution in [3.05, 3.63) is 10.6 Å². The predicted molar refractivity (Wildman–Crippen MR) is 86.3 cm³/mol. The monoisotopic (exact) mass is 283 g/mol. The van der Waals surface area contributed by atoms with Crippen LogP contribution in [0.5, 0.6) is 0 Å². The molecule has 0 amide bonds. The van der Waals surface area contributed by atoms with E-state index in [1.54, 1.807) is 0 Å². The summed E-state index contributed by atoms with van der Waals surface area (Å²) in [5, 5.41) is 4.56. The highest BCUT2D eigenvalue weighted by atomic mass is 32.1. The third-order valence-electron chi connectivity index (χ3n) is 2.84. The molecule has 0 bridgehead atoms. The summed E-state index contributed by atoms with van der Waals surface area (Å²) in [6.07, 6.45) is 0. The molecule has 1 aromatic rings. The molecule has 0 aliphatic rings. The van der Waals surface area contributed by atoms with Gasteiger partial charge in [0.2, 0.25) is 0 Å². The van der Waals surface area contributed by atoms with Gasteiger partial charge in [-0.3, -0.25) is 0 Å². The molecule has 19 heavy (non-hydrogen) atoms. The van der Waals surface area contributed by atoms with E-state index in [1.165, 1.54) is 10.6 Å². The van der Waals surface area contributed by atoms with Gasteiger partial charge in [-0.15, -0.1) is 11.3 Å². The van der Waals surface area contributed by atoms with Crippen LogP contribution in [0.3, 0.4) is 0 Å². The first-order valence-electron chi connectivity index (χ1n) is 7.16. The van der Waals surface area contributed by atoms with Crippen molar-refractivity contribution in [2.24, 2.45) is 5.41 Å². The van der Waals surface area contributed by atoms with Gasteiger partial charge in [-0.05, 0) is 17.9 Å². The molecule has 0 fully saturated rings. The number of thiazole rings is 1. The molecule has 4 heteroatoms.